The van der Waals surface area contributed by atoms with Crippen molar-refractivity contribution in [3.05, 3.63) is 53.8 Å². The Labute approximate surface area is 109 Å². The number of nitrogen functional groups attached to an aromatic ring is 1. The fourth-order valence-electron chi connectivity index (χ4n) is 1.65. The standard InChI is InChI=1S/C14H13FN2O2/c1-17(11-5-3-10(15)4-6-11)14(19)9-2-7-12(16)13(18)8-9/h2-8,18H,16H2,1H3. The Hall–Kier alpha value is -2.56. The normalized spacial score (nSPS) is 10.2. The molecule has 2 aromatic rings. The summed E-state index contributed by atoms with van der Waals surface area (Å²) in [6.07, 6.45) is 0. The second-order valence-electron chi connectivity index (χ2n) is 4.11. The number of carbonyl (C=O) groups is 1. The van der Waals surface area contributed by atoms with Crippen LogP contribution in [-0.2, 0) is 0 Å². The Morgan fingerprint density at radius 3 is 2.42 bits per heavy atom. The van der Waals surface area contributed by atoms with E-state index in [9.17, 15) is 14.3 Å². The molecule has 2 rings (SSSR count). The summed E-state index contributed by atoms with van der Waals surface area (Å²) in [6, 6.07) is 9.85. The van der Waals surface area contributed by atoms with Crippen LogP contribution in [0.3, 0.4) is 0 Å². The Balaban J connectivity index is 2.28. The second-order valence-corrected chi connectivity index (χ2v) is 4.11. The van der Waals surface area contributed by atoms with Gasteiger partial charge in [-0.05, 0) is 42.5 Å². The van der Waals surface area contributed by atoms with Crippen molar-refractivity contribution in [1.82, 2.24) is 0 Å². The number of rotatable bonds is 2. The quantitative estimate of drug-likeness (QED) is 0.643. The predicted octanol–water partition coefficient (Wildman–Crippen LogP) is 2.39. The highest BCUT2D eigenvalue weighted by atomic mass is 19.1. The number of phenolic OH excluding ortho intramolecular Hbond substituents is 1. The van der Waals surface area contributed by atoms with Crippen LogP contribution in [-0.4, -0.2) is 18.1 Å². The number of anilines is 2. The van der Waals surface area contributed by atoms with Gasteiger partial charge in [-0.2, -0.15) is 0 Å². The lowest BCUT2D eigenvalue weighted by atomic mass is 10.1. The number of hydrogen-bond donors (Lipinski definition) is 2. The van der Waals surface area contributed by atoms with E-state index in [2.05, 4.69) is 0 Å². The number of benzene rings is 2. The molecule has 5 heteroatoms. The van der Waals surface area contributed by atoms with Gasteiger partial charge in [-0.15, -0.1) is 0 Å². The van der Waals surface area contributed by atoms with Gasteiger partial charge in [0, 0.05) is 18.3 Å². The van der Waals surface area contributed by atoms with E-state index in [1.807, 2.05) is 0 Å². The number of amides is 1. The molecule has 0 saturated carbocycles. The number of halogens is 1. The van der Waals surface area contributed by atoms with E-state index in [1.165, 1.54) is 47.4 Å². The number of nitrogens with two attached hydrogens (primary N) is 1. The van der Waals surface area contributed by atoms with Crippen LogP contribution >= 0.6 is 0 Å². The zero-order chi connectivity index (χ0) is 14.0. The topological polar surface area (TPSA) is 66.6 Å². The summed E-state index contributed by atoms with van der Waals surface area (Å²) in [5, 5.41) is 9.49. The smallest absolute Gasteiger partial charge is 0.258 e. The Morgan fingerprint density at radius 1 is 1.21 bits per heavy atom. The average molecular weight is 260 g/mol. The third-order valence-electron chi connectivity index (χ3n) is 2.80. The molecule has 98 valence electrons. The molecule has 19 heavy (non-hydrogen) atoms. The molecule has 0 heterocycles. The van der Waals surface area contributed by atoms with Crippen LogP contribution in [0.2, 0.25) is 0 Å². The third kappa shape index (κ3) is 2.65. The summed E-state index contributed by atoms with van der Waals surface area (Å²) in [7, 11) is 1.57. The zero-order valence-corrected chi connectivity index (χ0v) is 10.3. The molecular formula is C14H13FN2O2. The third-order valence-corrected chi connectivity index (χ3v) is 2.80. The van der Waals surface area contributed by atoms with E-state index >= 15 is 0 Å². The summed E-state index contributed by atoms with van der Waals surface area (Å²) < 4.78 is 12.8. The number of hydrogen-bond acceptors (Lipinski definition) is 3. The first-order valence-corrected chi connectivity index (χ1v) is 5.61. The molecular weight excluding hydrogens is 247 g/mol. The average Bonchev–Trinajstić information content (AvgIpc) is 2.41. The van der Waals surface area contributed by atoms with Gasteiger partial charge in [0.2, 0.25) is 0 Å². The first-order chi connectivity index (χ1) is 8.99. The van der Waals surface area contributed by atoms with Gasteiger partial charge in [0.05, 0.1) is 5.69 Å². The van der Waals surface area contributed by atoms with Gasteiger partial charge in [0.1, 0.15) is 11.6 Å². The maximum atomic E-state index is 12.8. The van der Waals surface area contributed by atoms with Crippen molar-refractivity contribution < 1.29 is 14.3 Å². The molecule has 0 aliphatic carbocycles. The Morgan fingerprint density at radius 2 is 1.84 bits per heavy atom. The van der Waals surface area contributed by atoms with Crippen molar-refractivity contribution >= 4 is 17.3 Å². The number of carbonyl (C=O) groups excluding carboxylic acids is 1. The van der Waals surface area contributed by atoms with Crippen molar-refractivity contribution in [3.63, 3.8) is 0 Å². The minimum Gasteiger partial charge on any atom is -0.506 e. The molecule has 0 aliphatic rings. The second kappa shape index (κ2) is 4.97. The van der Waals surface area contributed by atoms with E-state index in [4.69, 9.17) is 5.73 Å². The van der Waals surface area contributed by atoms with E-state index in [0.29, 0.717) is 11.3 Å². The predicted molar refractivity (Wildman–Crippen MR) is 71.7 cm³/mol. The lowest BCUT2D eigenvalue weighted by Crippen LogP contribution is -2.26. The lowest BCUT2D eigenvalue weighted by Gasteiger charge is -2.17. The van der Waals surface area contributed by atoms with Gasteiger partial charge in [-0.3, -0.25) is 4.79 Å². The summed E-state index contributed by atoms with van der Waals surface area (Å²) in [5.74, 6) is -0.824. The monoisotopic (exact) mass is 260 g/mol. The van der Waals surface area contributed by atoms with Gasteiger partial charge < -0.3 is 15.7 Å². The highest BCUT2D eigenvalue weighted by Gasteiger charge is 2.14. The molecule has 0 fully saturated rings. The molecule has 0 atom stereocenters. The van der Waals surface area contributed by atoms with Crippen LogP contribution in [0.1, 0.15) is 10.4 Å². The molecule has 0 aromatic heterocycles. The fourth-order valence-corrected chi connectivity index (χ4v) is 1.65. The van der Waals surface area contributed by atoms with Crippen LogP contribution in [0, 0.1) is 5.82 Å². The molecule has 0 aliphatic heterocycles. The first kappa shape index (κ1) is 12.9. The van der Waals surface area contributed by atoms with Crippen LogP contribution in [0.4, 0.5) is 15.8 Å². The highest BCUT2D eigenvalue weighted by Crippen LogP contribution is 2.23. The molecule has 1 amide bonds. The molecule has 4 nitrogen and oxygen atoms in total. The molecule has 0 spiro atoms. The van der Waals surface area contributed by atoms with Gasteiger partial charge in [0.25, 0.3) is 5.91 Å². The van der Waals surface area contributed by atoms with Crippen LogP contribution < -0.4 is 10.6 Å². The van der Waals surface area contributed by atoms with Crippen LogP contribution in [0.5, 0.6) is 5.75 Å². The van der Waals surface area contributed by atoms with Gasteiger partial charge >= 0.3 is 0 Å². The number of nitrogens with zero attached hydrogens (tertiary/aromatic N) is 1. The van der Waals surface area contributed by atoms with Crippen molar-refractivity contribution in [2.45, 2.75) is 0 Å². The van der Waals surface area contributed by atoms with E-state index in [0.717, 1.165) is 0 Å². The Bertz CT molecular complexity index is 611. The van der Waals surface area contributed by atoms with Crippen molar-refractivity contribution in [3.8, 4) is 5.75 Å². The van der Waals surface area contributed by atoms with E-state index < -0.39 is 0 Å². The van der Waals surface area contributed by atoms with Gasteiger partial charge in [0.15, 0.2) is 0 Å². The summed E-state index contributed by atoms with van der Waals surface area (Å²) in [4.78, 5) is 13.5. The van der Waals surface area contributed by atoms with Gasteiger partial charge in [-0.1, -0.05) is 0 Å². The van der Waals surface area contributed by atoms with Crippen molar-refractivity contribution in [2.24, 2.45) is 0 Å². The molecule has 3 N–H and O–H groups in total. The number of aromatic hydroxyl groups is 1. The van der Waals surface area contributed by atoms with Crippen molar-refractivity contribution in [2.75, 3.05) is 17.7 Å². The maximum absolute atomic E-state index is 12.8. The highest BCUT2D eigenvalue weighted by molar-refractivity contribution is 6.06. The molecule has 0 radical (unpaired) electrons. The molecule has 0 saturated heterocycles. The molecule has 0 unspecified atom stereocenters. The summed E-state index contributed by atoms with van der Waals surface area (Å²) in [6.45, 7) is 0. The maximum Gasteiger partial charge on any atom is 0.258 e. The number of phenols is 1. The molecule has 0 bridgehead atoms. The summed E-state index contributed by atoms with van der Waals surface area (Å²) >= 11 is 0. The van der Waals surface area contributed by atoms with Crippen molar-refractivity contribution in [1.29, 1.82) is 0 Å². The van der Waals surface area contributed by atoms with E-state index in [-0.39, 0.29) is 23.2 Å². The molecule has 2 aromatic carbocycles. The Kier molecular flexibility index (Phi) is 3.37. The van der Waals surface area contributed by atoms with Crippen LogP contribution in [0.15, 0.2) is 42.5 Å². The van der Waals surface area contributed by atoms with E-state index in [1.54, 1.807) is 7.05 Å². The lowest BCUT2D eigenvalue weighted by molar-refractivity contribution is 0.0992. The fraction of sp³-hybridized carbons (Fsp3) is 0.0714. The minimum atomic E-state index is -0.366. The summed E-state index contributed by atoms with van der Waals surface area (Å²) in [5.41, 5.74) is 6.55. The zero-order valence-electron chi connectivity index (χ0n) is 10.3. The first-order valence-electron chi connectivity index (χ1n) is 5.61. The largest absolute Gasteiger partial charge is 0.506 e. The SMILES string of the molecule is CN(C(=O)c1ccc(N)c(O)c1)c1ccc(F)cc1. The van der Waals surface area contributed by atoms with Gasteiger partial charge in [-0.25, -0.2) is 4.39 Å². The minimum absolute atomic E-state index is 0.140. The van der Waals surface area contributed by atoms with Crippen LogP contribution in [0.25, 0.3) is 0 Å².